The second-order valence-corrected chi connectivity index (χ2v) is 5.60. The van der Waals surface area contributed by atoms with Gasteiger partial charge in [-0.15, -0.1) is 0 Å². The van der Waals surface area contributed by atoms with E-state index >= 15 is 0 Å². The Bertz CT molecular complexity index is 641. The van der Waals surface area contributed by atoms with Crippen molar-refractivity contribution in [1.29, 1.82) is 0 Å². The highest BCUT2D eigenvalue weighted by atomic mass is 16.5. The number of aryl methyl sites for hydroxylation is 3. The number of nitrogens with zero attached hydrogens (tertiary/aromatic N) is 2. The van der Waals surface area contributed by atoms with E-state index in [9.17, 15) is 0 Å². The first-order valence-corrected chi connectivity index (χ1v) is 8.10. The monoisotopic (exact) mass is 314 g/mol. The molecule has 0 radical (unpaired) electrons. The summed E-state index contributed by atoms with van der Waals surface area (Å²) in [6.45, 7) is 10.4. The molecule has 0 aliphatic carbocycles. The second-order valence-electron chi connectivity index (χ2n) is 5.60. The molecule has 0 saturated carbocycles. The summed E-state index contributed by atoms with van der Waals surface area (Å²) in [4.78, 5) is 4.66. The van der Waals surface area contributed by atoms with Crippen molar-refractivity contribution >= 4 is 5.96 Å². The maximum Gasteiger partial charge on any atom is 0.191 e. The van der Waals surface area contributed by atoms with E-state index in [2.05, 4.69) is 58.9 Å². The zero-order valence-corrected chi connectivity index (χ0v) is 14.4. The number of aliphatic imine (C=N–C) groups is 1. The van der Waals surface area contributed by atoms with Gasteiger partial charge >= 0.3 is 0 Å². The Kier molecular flexibility index (Phi) is 6.20. The first kappa shape index (κ1) is 17.1. The molecule has 5 nitrogen and oxygen atoms in total. The van der Waals surface area contributed by atoms with E-state index in [0.717, 1.165) is 36.9 Å². The Hall–Kier alpha value is -2.30. The lowest BCUT2D eigenvalue weighted by atomic mass is 10.1. The maximum absolute atomic E-state index is 5.20. The van der Waals surface area contributed by atoms with Crippen molar-refractivity contribution in [2.45, 2.75) is 40.7 Å². The standard InChI is InChI=1S/C18H26N4O/c1-5-19-18(21-12-16-9-7-6-8-13(16)2)20-11-10-17-14(3)22-23-15(17)4/h6-9H,5,10-12H2,1-4H3,(H2,19,20,21). The van der Waals surface area contributed by atoms with Crippen molar-refractivity contribution in [3.05, 3.63) is 52.4 Å². The number of guanidine groups is 1. The van der Waals surface area contributed by atoms with Gasteiger partial charge in [-0.3, -0.25) is 0 Å². The van der Waals surface area contributed by atoms with E-state index in [0.29, 0.717) is 6.54 Å². The SMILES string of the molecule is CCNC(=NCc1ccccc1C)NCCc1c(C)noc1C. The van der Waals surface area contributed by atoms with Crippen LogP contribution in [0.2, 0.25) is 0 Å². The molecular weight excluding hydrogens is 288 g/mol. The van der Waals surface area contributed by atoms with E-state index in [4.69, 9.17) is 4.52 Å². The molecule has 0 unspecified atom stereocenters. The third-order valence-electron chi connectivity index (χ3n) is 3.86. The molecule has 1 aromatic heterocycles. The normalized spacial score (nSPS) is 11.6. The highest BCUT2D eigenvalue weighted by Gasteiger charge is 2.08. The van der Waals surface area contributed by atoms with Gasteiger partial charge in [-0.25, -0.2) is 4.99 Å². The first-order valence-electron chi connectivity index (χ1n) is 8.10. The van der Waals surface area contributed by atoms with Gasteiger partial charge in [0.1, 0.15) is 5.76 Å². The molecule has 2 N–H and O–H groups in total. The Morgan fingerprint density at radius 1 is 1.17 bits per heavy atom. The van der Waals surface area contributed by atoms with Crippen LogP contribution in [0.25, 0.3) is 0 Å². The summed E-state index contributed by atoms with van der Waals surface area (Å²) in [7, 11) is 0. The van der Waals surface area contributed by atoms with Crippen LogP contribution in [-0.4, -0.2) is 24.2 Å². The molecule has 0 atom stereocenters. The minimum Gasteiger partial charge on any atom is -0.361 e. The van der Waals surface area contributed by atoms with Crippen LogP contribution in [0.5, 0.6) is 0 Å². The van der Waals surface area contributed by atoms with Crippen LogP contribution in [0, 0.1) is 20.8 Å². The third kappa shape index (κ3) is 4.84. The summed E-state index contributed by atoms with van der Waals surface area (Å²) in [6.07, 6.45) is 0.871. The predicted octanol–water partition coefficient (Wildman–Crippen LogP) is 2.90. The molecule has 0 amide bonds. The lowest BCUT2D eigenvalue weighted by Gasteiger charge is -2.11. The number of nitrogens with one attached hydrogen (secondary N) is 2. The summed E-state index contributed by atoms with van der Waals surface area (Å²) >= 11 is 0. The number of hydrogen-bond donors (Lipinski definition) is 2. The smallest absolute Gasteiger partial charge is 0.191 e. The fourth-order valence-corrected chi connectivity index (χ4v) is 2.46. The van der Waals surface area contributed by atoms with E-state index in [1.165, 1.54) is 16.7 Å². The molecule has 2 aromatic rings. The molecule has 2 rings (SSSR count). The minimum atomic E-state index is 0.674. The zero-order valence-electron chi connectivity index (χ0n) is 14.4. The second kappa shape index (κ2) is 8.36. The van der Waals surface area contributed by atoms with E-state index in [-0.39, 0.29) is 0 Å². The summed E-state index contributed by atoms with van der Waals surface area (Å²) in [5, 5.41) is 10.6. The third-order valence-corrected chi connectivity index (χ3v) is 3.86. The average Bonchev–Trinajstić information content (AvgIpc) is 2.85. The Balaban J connectivity index is 1.93. The molecule has 124 valence electrons. The molecule has 0 fully saturated rings. The molecule has 0 aliphatic heterocycles. The summed E-state index contributed by atoms with van der Waals surface area (Å²) in [6, 6.07) is 8.33. The van der Waals surface area contributed by atoms with E-state index < -0.39 is 0 Å². The van der Waals surface area contributed by atoms with Gasteiger partial charge in [-0.05, 0) is 45.2 Å². The van der Waals surface area contributed by atoms with Crippen LogP contribution < -0.4 is 10.6 Å². The highest BCUT2D eigenvalue weighted by molar-refractivity contribution is 5.79. The van der Waals surface area contributed by atoms with Gasteiger partial charge in [0.15, 0.2) is 5.96 Å². The zero-order chi connectivity index (χ0) is 16.7. The van der Waals surface area contributed by atoms with E-state index in [1.54, 1.807) is 0 Å². The lowest BCUT2D eigenvalue weighted by Crippen LogP contribution is -2.38. The quantitative estimate of drug-likeness (QED) is 0.636. The Labute approximate surface area is 138 Å². The van der Waals surface area contributed by atoms with Crippen molar-refractivity contribution in [3.63, 3.8) is 0 Å². The molecule has 1 heterocycles. The number of aromatic nitrogens is 1. The lowest BCUT2D eigenvalue weighted by molar-refractivity contribution is 0.392. The van der Waals surface area contributed by atoms with Crippen LogP contribution in [-0.2, 0) is 13.0 Å². The molecule has 0 saturated heterocycles. The van der Waals surface area contributed by atoms with Gasteiger partial charge in [0.2, 0.25) is 0 Å². The molecule has 0 spiro atoms. The Morgan fingerprint density at radius 2 is 1.96 bits per heavy atom. The van der Waals surface area contributed by atoms with Crippen LogP contribution >= 0.6 is 0 Å². The first-order chi connectivity index (χ1) is 11.1. The molecule has 0 aliphatic rings. The molecule has 23 heavy (non-hydrogen) atoms. The summed E-state index contributed by atoms with van der Waals surface area (Å²) < 4.78 is 5.20. The summed E-state index contributed by atoms with van der Waals surface area (Å²) in [5.41, 5.74) is 4.65. The minimum absolute atomic E-state index is 0.674. The average molecular weight is 314 g/mol. The van der Waals surface area contributed by atoms with E-state index in [1.807, 2.05) is 13.8 Å². The van der Waals surface area contributed by atoms with Gasteiger partial charge < -0.3 is 15.2 Å². The van der Waals surface area contributed by atoms with Crippen molar-refractivity contribution in [3.8, 4) is 0 Å². The fraction of sp³-hybridized carbons (Fsp3) is 0.444. The van der Waals surface area contributed by atoms with Gasteiger partial charge in [0.25, 0.3) is 0 Å². The predicted molar refractivity (Wildman–Crippen MR) is 93.7 cm³/mol. The number of rotatable bonds is 6. The van der Waals surface area contributed by atoms with Gasteiger partial charge in [-0.2, -0.15) is 0 Å². The maximum atomic E-state index is 5.20. The van der Waals surface area contributed by atoms with Crippen LogP contribution in [0.3, 0.4) is 0 Å². The van der Waals surface area contributed by atoms with Gasteiger partial charge in [-0.1, -0.05) is 29.4 Å². The largest absolute Gasteiger partial charge is 0.361 e. The fourth-order valence-electron chi connectivity index (χ4n) is 2.46. The molecule has 0 bridgehead atoms. The highest BCUT2D eigenvalue weighted by Crippen LogP contribution is 2.12. The van der Waals surface area contributed by atoms with Crippen LogP contribution in [0.15, 0.2) is 33.8 Å². The van der Waals surface area contributed by atoms with Gasteiger partial charge in [0, 0.05) is 18.7 Å². The number of benzene rings is 1. The van der Waals surface area contributed by atoms with Crippen LogP contribution in [0.4, 0.5) is 0 Å². The topological polar surface area (TPSA) is 62.5 Å². The van der Waals surface area contributed by atoms with Crippen molar-refractivity contribution in [2.24, 2.45) is 4.99 Å². The van der Waals surface area contributed by atoms with Crippen molar-refractivity contribution < 1.29 is 4.52 Å². The summed E-state index contributed by atoms with van der Waals surface area (Å²) in [5.74, 6) is 1.73. The molecular formula is C18H26N4O. The number of hydrogen-bond acceptors (Lipinski definition) is 3. The molecule has 5 heteroatoms. The van der Waals surface area contributed by atoms with Gasteiger partial charge in [0.05, 0.1) is 12.2 Å². The Morgan fingerprint density at radius 3 is 2.61 bits per heavy atom. The molecule has 1 aromatic carbocycles. The van der Waals surface area contributed by atoms with Crippen molar-refractivity contribution in [2.75, 3.05) is 13.1 Å². The van der Waals surface area contributed by atoms with Crippen LogP contribution in [0.1, 0.15) is 35.1 Å². The van der Waals surface area contributed by atoms with Crippen molar-refractivity contribution in [1.82, 2.24) is 15.8 Å².